The molecule has 0 aromatic rings. The molecule has 0 saturated carbocycles. The molecule has 0 aromatic carbocycles. The lowest BCUT2D eigenvalue weighted by Gasteiger charge is -2.22. The van der Waals surface area contributed by atoms with Crippen molar-refractivity contribution in [2.75, 3.05) is 13.2 Å². The molecule has 74 heavy (non-hydrogen) atoms. The quantitative estimate of drug-likeness (QED) is 0.0320. The van der Waals surface area contributed by atoms with E-state index >= 15 is 0 Å². The Bertz CT molecular complexity index is 1110. The highest BCUT2D eigenvalue weighted by atomic mass is 16.5. The lowest BCUT2D eigenvalue weighted by Crippen LogP contribution is -2.45. The maximum absolute atomic E-state index is 12.5. The first-order valence-electron chi connectivity index (χ1n) is 33.9. The van der Waals surface area contributed by atoms with Crippen molar-refractivity contribution < 1.29 is 24.5 Å². The van der Waals surface area contributed by atoms with Crippen LogP contribution in [0.5, 0.6) is 0 Å². The van der Waals surface area contributed by atoms with Crippen LogP contribution < -0.4 is 5.32 Å². The zero-order valence-corrected chi connectivity index (χ0v) is 50.4. The Morgan fingerprint density at radius 3 is 0.959 bits per heavy atom. The van der Waals surface area contributed by atoms with Gasteiger partial charge in [0.1, 0.15) is 0 Å². The summed E-state index contributed by atoms with van der Waals surface area (Å²) in [4.78, 5) is 24.5. The summed E-state index contributed by atoms with van der Waals surface area (Å²) in [6.45, 7) is 4.97. The van der Waals surface area contributed by atoms with Gasteiger partial charge in [-0.25, -0.2) is 0 Å². The maximum Gasteiger partial charge on any atom is 0.305 e. The van der Waals surface area contributed by atoms with Gasteiger partial charge in [-0.1, -0.05) is 334 Å². The summed E-state index contributed by atoms with van der Waals surface area (Å²) in [5.41, 5.74) is 0. The highest BCUT2D eigenvalue weighted by molar-refractivity contribution is 5.76. The number of carbonyl (C=O) groups is 2. The van der Waals surface area contributed by atoms with Crippen LogP contribution in [-0.4, -0.2) is 47.4 Å². The molecule has 0 spiro atoms. The lowest BCUT2D eigenvalue weighted by molar-refractivity contribution is -0.143. The SMILES string of the molecule is CCCCCCCCC/C=C\CCCCCCCC(=O)OCCCCCCCCCCCCCCCCCCCCCCCCCCCCCCCC(=O)NC(CO)C(O)CCCCCCCCCCCCCC. The van der Waals surface area contributed by atoms with E-state index in [1.165, 1.54) is 308 Å². The number of hydrogen-bond acceptors (Lipinski definition) is 5. The number of esters is 1. The van der Waals surface area contributed by atoms with E-state index in [1.807, 2.05) is 0 Å². The fourth-order valence-corrected chi connectivity index (χ4v) is 10.9. The Morgan fingerprint density at radius 1 is 0.365 bits per heavy atom. The fraction of sp³-hybridized carbons (Fsp3) is 0.941. The van der Waals surface area contributed by atoms with Crippen LogP contribution in [-0.2, 0) is 14.3 Å². The highest BCUT2D eigenvalue weighted by Gasteiger charge is 2.20. The predicted octanol–water partition coefficient (Wildman–Crippen LogP) is 21.6. The fourth-order valence-electron chi connectivity index (χ4n) is 10.9. The first-order chi connectivity index (χ1) is 36.5. The van der Waals surface area contributed by atoms with Crippen LogP contribution in [0, 0.1) is 0 Å². The van der Waals surface area contributed by atoms with Crippen LogP contribution in [0.25, 0.3) is 0 Å². The third-order valence-corrected chi connectivity index (χ3v) is 16.1. The van der Waals surface area contributed by atoms with E-state index in [2.05, 4.69) is 31.3 Å². The van der Waals surface area contributed by atoms with Crippen LogP contribution in [0.3, 0.4) is 0 Å². The normalized spacial score (nSPS) is 12.5. The monoisotopic (exact) mass is 1040 g/mol. The molecule has 0 heterocycles. The molecule has 0 fully saturated rings. The van der Waals surface area contributed by atoms with E-state index in [0.717, 1.165) is 44.9 Å². The smallest absolute Gasteiger partial charge is 0.305 e. The summed E-state index contributed by atoms with van der Waals surface area (Å²) in [7, 11) is 0. The largest absolute Gasteiger partial charge is 0.466 e. The molecule has 0 aromatic heterocycles. The molecule has 2 atom stereocenters. The molecule has 0 rings (SSSR count). The van der Waals surface area contributed by atoms with Crippen molar-refractivity contribution in [3.63, 3.8) is 0 Å². The summed E-state index contributed by atoms with van der Waals surface area (Å²) in [5, 5.41) is 23.2. The standard InChI is InChI=1S/C68H133NO5/c1-3-5-7-9-11-13-15-17-18-35-38-42-46-50-54-58-62-68(73)74-63-59-55-51-47-43-39-36-33-31-29-27-25-23-21-19-20-22-24-26-28-30-32-34-37-41-45-49-53-57-61-67(72)69-65(64-70)66(71)60-56-52-48-44-40-16-14-12-10-8-6-4-2/h18,35,65-66,70-71H,3-17,19-34,36-64H2,1-2H3,(H,69,72)/b35-18-. The van der Waals surface area contributed by atoms with Gasteiger partial charge in [-0.2, -0.15) is 0 Å². The van der Waals surface area contributed by atoms with Crippen LogP contribution in [0.4, 0.5) is 0 Å². The molecule has 0 bridgehead atoms. The van der Waals surface area contributed by atoms with E-state index in [1.54, 1.807) is 0 Å². The van der Waals surface area contributed by atoms with Crippen molar-refractivity contribution in [2.24, 2.45) is 0 Å². The number of ether oxygens (including phenoxy) is 1. The Hall–Kier alpha value is -1.40. The Balaban J connectivity index is 3.31. The number of unbranched alkanes of at least 4 members (excludes halogenated alkanes) is 51. The highest BCUT2D eigenvalue weighted by Crippen LogP contribution is 2.19. The number of amides is 1. The van der Waals surface area contributed by atoms with E-state index in [-0.39, 0.29) is 18.5 Å². The van der Waals surface area contributed by atoms with Crippen molar-refractivity contribution in [1.82, 2.24) is 5.32 Å². The summed E-state index contributed by atoms with van der Waals surface area (Å²) >= 11 is 0. The number of hydrogen-bond donors (Lipinski definition) is 3. The van der Waals surface area contributed by atoms with Crippen LogP contribution in [0.2, 0.25) is 0 Å². The molecule has 1 amide bonds. The van der Waals surface area contributed by atoms with Gasteiger partial charge in [0.05, 0.1) is 25.4 Å². The summed E-state index contributed by atoms with van der Waals surface area (Å²) in [5.74, 6) is -0.0170. The number of nitrogens with one attached hydrogen (secondary N) is 1. The minimum Gasteiger partial charge on any atom is -0.466 e. The molecule has 2 unspecified atom stereocenters. The van der Waals surface area contributed by atoms with Crippen molar-refractivity contribution in [2.45, 2.75) is 398 Å². The molecule has 0 radical (unpaired) electrons. The topological polar surface area (TPSA) is 95.9 Å². The molecule has 3 N–H and O–H groups in total. The minimum absolute atomic E-state index is 0.0128. The molecular formula is C68H133NO5. The second-order valence-electron chi connectivity index (χ2n) is 23.5. The minimum atomic E-state index is -0.660. The molecule has 440 valence electrons. The van der Waals surface area contributed by atoms with Gasteiger partial charge in [0.2, 0.25) is 5.91 Å². The molecule has 0 saturated heterocycles. The average Bonchev–Trinajstić information content (AvgIpc) is 3.40. The summed E-state index contributed by atoms with van der Waals surface area (Å²) in [6, 6.07) is -0.537. The second kappa shape index (κ2) is 64.1. The van der Waals surface area contributed by atoms with Gasteiger partial charge in [0, 0.05) is 12.8 Å². The van der Waals surface area contributed by atoms with E-state index in [9.17, 15) is 19.8 Å². The lowest BCUT2D eigenvalue weighted by atomic mass is 10.0. The molecule has 0 aliphatic carbocycles. The van der Waals surface area contributed by atoms with Gasteiger partial charge < -0.3 is 20.3 Å². The molecule has 0 aliphatic rings. The number of aliphatic hydroxyl groups excluding tert-OH is 2. The van der Waals surface area contributed by atoms with Gasteiger partial charge in [0.25, 0.3) is 0 Å². The van der Waals surface area contributed by atoms with Gasteiger partial charge in [-0.15, -0.1) is 0 Å². The zero-order valence-electron chi connectivity index (χ0n) is 50.4. The third kappa shape index (κ3) is 59.8. The predicted molar refractivity (Wildman–Crippen MR) is 324 cm³/mol. The van der Waals surface area contributed by atoms with Crippen molar-refractivity contribution in [3.05, 3.63) is 12.2 Å². The van der Waals surface area contributed by atoms with Crippen LogP contribution in [0.15, 0.2) is 12.2 Å². The molecular weight excluding hydrogens is 911 g/mol. The average molecular weight is 1040 g/mol. The zero-order chi connectivity index (χ0) is 53.6. The van der Waals surface area contributed by atoms with Crippen molar-refractivity contribution >= 4 is 11.9 Å². The van der Waals surface area contributed by atoms with E-state index in [0.29, 0.717) is 25.9 Å². The van der Waals surface area contributed by atoms with Crippen molar-refractivity contribution in [3.8, 4) is 0 Å². The van der Waals surface area contributed by atoms with Crippen LogP contribution >= 0.6 is 0 Å². The Labute approximate surface area is 463 Å². The second-order valence-corrected chi connectivity index (χ2v) is 23.5. The van der Waals surface area contributed by atoms with E-state index in [4.69, 9.17) is 4.74 Å². The van der Waals surface area contributed by atoms with Gasteiger partial charge in [-0.05, 0) is 51.4 Å². The Morgan fingerprint density at radius 2 is 0.635 bits per heavy atom. The summed E-state index contributed by atoms with van der Waals surface area (Å²) in [6.07, 6.45) is 78.3. The van der Waals surface area contributed by atoms with Gasteiger partial charge >= 0.3 is 5.97 Å². The number of aliphatic hydroxyl groups is 2. The number of rotatable bonds is 64. The Kier molecular flexibility index (Phi) is 62.9. The van der Waals surface area contributed by atoms with Gasteiger partial charge in [-0.3, -0.25) is 9.59 Å². The maximum atomic E-state index is 12.5. The first kappa shape index (κ1) is 72.6. The van der Waals surface area contributed by atoms with Crippen molar-refractivity contribution in [1.29, 1.82) is 0 Å². The first-order valence-corrected chi connectivity index (χ1v) is 33.9. The number of carbonyl (C=O) groups excluding carboxylic acids is 2. The van der Waals surface area contributed by atoms with E-state index < -0.39 is 12.1 Å². The number of allylic oxidation sites excluding steroid dienone is 2. The van der Waals surface area contributed by atoms with Gasteiger partial charge in [0.15, 0.2) is 0 Å². The van der Waals surface area contributed by atoms with Crippen LogP contribution in [0.1, 0.15) is 386 Å². The third-order valence-electron chi connectivity index (χ3n) is 16.1. The molecule has 6 heteroatoms. The molecule has 6 nitrogen and oxygen atoms in total. The molecule has 0 aliphatic heterocycles. The summed E-state index contributed by atoms with van der Waals surface area (Å²) < 4.78 is 5.50.